The van der Waals surface area contributed by atoms with Crippen LogP contribution in [0.2, 0.25) is 0 Å². The SMILES string of the molecule is CCCCCCCCCCCCCCPOc1c(F)c(F)c(F)c(F)c1F. The molecule has 0 saturated heterocycles. The third-order valence-electron chi connectivity index (χ3n) is 4.48. The van der Waals surface area contributed by atoms with E-state index in [1.807, 2.05) is 0 Å². The number of unbranched alkanes of at least 4 members (excludes halogenated alkanes) is 11. The largest absolute Gasteiger partial charge is 0.471 e. The van der Waals surface area contributed by atoms with Gasteiger partial charge in [-0.2, -0.15) is 8.78 Å². The van der Waals surface area contributed by atoms with E-state index in [0.29, 0.717) is 6.16 Å². The van der Waals surface area contributed by atoms with E-state index < -0.39 is 34.8 Å². The molecule has 0 aromatic heterocycles. The predicted molar refractivity (Wildman–Crippen MR) is 101 cm³/mol. The number of hydrogen-bond donors (Lipinski definition) is 0. The van der Waals surface area contributed by atoms with E-state index in [4.69, 9.17) is 4.52 Å². The summed E-state index contributed by atoms with van der Waals surface area (Å²) < 4.78 is 70.7. The quantitative estimate of drug-likeness (QED) is 0.0931. The first kappa shape index (κ1) is 24.1. The smallest absolute Gasteiger partial charge is 0.207 e. The van der Waals surface area contributed by atoms with Crippen LogP contribution >= 0.6 is 8.81 Å². The Hall–Kier alpha value is -0.900. The second kappa shape index (κ2) is 14.1. The topological polar surface area (TPSA) is 9.23 Å². The van der Waals surface area contributed by atoms with Crippen LogP contribution < -0.4 is 4.52 Å². The van der Waals surface area contributed by atoms with Gasteiger partial charge in [0.05, 0.1) is 8.81 Å². The molecule has 0 saturated carbocycles. The van der Waals surface area contributed by atoms with Crippen LogP contribution in [0.25, 0.3) is 0 Å². The van der Waals surface area contributed by atoms with E-state index >= 15 is 0 Å². The van der Waals surface area contributed by atoms with Crippen molar-refractivity contribution in [1.29, 1.82) is 0 Å². The summed E-state index contributed by atoms with van der Waals surface area (Å²) in [6.07, 6.45) is 14.9. The molecule has 0 fully saturated rings. The minimum absolute atomic E-state index is 0.332. The summed E-state index contributed by atoms with van der Waals surface area (Å²) in [4.78, 5) is 0. The summed E-state index contributed by atoms with van der Waals surface area (Å²) >= 11 is 0. The van der Waals surface area contributed by atoms with Gasteiger partial charge in [0.2, 0.25) is 29.1 Å². The van der Waals surface area contributed by atoms with Crippen molar-refractivity contribution in [3.05, 3.63) is 29.1 Å². The lowest BCUT2D eigenvalue weighted by Gasteiger charge is -2.09. The zero-order valence-electron chi connectivity index (χ0n) is 16.0. The van der Waals surface area contributed by atoms with Gasteiger partial charge in [-0.3, -0.25) is 0 Å². The second-order valence-corrected chi connectivity index (χ2v) is 7.78. The maximum Gasteiger partial charge on any atom is 0.207 e. The van der Waals surface area contributed by atoms with Gasteiger partial charge in [-0.05, 0) is 6.42 Å². The zero-order valence-corrected chi connectivity index (χ0v) is 17.0. The molecule has 1 unspecified atom stereocenters. The monoisotopic (exact) mass is 412 g/mol. The molecule has 0 radical (unpaired) electrons. The molecule has 27 heavy (non-hydrogen) atoms. The van der Waals surface area contributed by atoms with Gasteiger partial charge in [-0.25, -0.2) is 13.2 Å². The van der Waals surface area contributed by atoms with Gasteiger partial charge in [-0.1, -0.05) is 77.6 Å². The van der Waals surface area contributed by atoms with Crippen molar-refractivity contribution in [3.8, 4) is 5.75 Å². The average molecular weight is 412 g/mol. The van der Waals surface area contributed by atoms with E-state index in [1.54, 1.807) is 0 Å². The van der Waals surface area contributed by atoms with Gasteiger partial charge in [0.1, 0.15) is 0 Å². The van der Waals surface area contributed by atoms with Gasteiger partial charge < -0.3 is 4.52 Å². The van der Waals surface area contributed by atoms with Crippen molar-refractivity contribution < 1.29 is 26.5 Å². The average Bonchev–Trinajstić information content (AvgIpc) is 2.67. The number of rotatable bonds is 15. The van der Waals surface area contributed by atoms with E-state index in [9.17, 15) is 22.0 Å². The maximum absolute atomic E-state index is 13.4. The van der Waals surface area contributed by atoms with Crippen molar-refractivity contribution in [2.45, 2.75) is 84.0 Å². The molecular weight excluding hydrogens is 382 g/mol. The lowest BCUT2D eigenvalue weighted by molar-refractivity contribution is 0.354. The van der Waals surface area contributed by atoms with E-state index in [-0.39, 0.29) is 8.81 Å². The van der Waals surface area contributed by atoms with Crippen LogP contribution in [0.15, 0.2) is 0 Å². The Morgan fingerprint density at radius 3 is 1.37 bits per heavy atom. The highest BCUT2D eigenvalue weighted by Crippen LogP contribution is 2.33. The summed E-state index contributed by atoms with van der Waals surface area (Å²) in [6.45, 7) is 2.21. The van der Waals surface area contributed by atoms with E-state index in [0.717, 1.165) is 25.7 Å². The van der Waals surface area contributed by atoms with Crippen molar-refractivity contribution in [1.82, 2.24) is 0 Å². The van der Waals surface area contributed by atoms with Crippen LogP contribution in [-0.4, -0.2) is 6.16 Å². The lowest BCUT2D eigenvalue weighted by Crippen LogP contribution is -2.03. The zero-order chi connectivity index (χ0) is 20.1. The standard InChI is InChI=1S/C20H30F5OP/c1-2-3-4-5-6-7-8-9-10-11-12-13-14-27-26-20-18(24)16(22)15(21)17(23)19(20)25/h27H,2-14H2,1H3. The normalized spacial score (nSPS) is 11.6. The van der Waals surface area contributed by atoms with Gasteiger partial charge in [-0.15, -0.1) is 0 Å². The molecule has 0 spiro atoms. The number of hydrogen-bond acceptors (Lipinski definition) is 1. The highest BCUT2D eigenvalue weighted by atomic mass is 31.1. The molecule has 0 aliphatic rings. The Bertz CT molecular complexity index is 525. The Morgan fingerprint density at radius 2 is 0.926 bits per heavy atom. The molecule has 1 rings (SSSR count). The molecular formula is C20H30F5OP. The second-order valence-electron chi connectivity index (χ2n) is 6.78. The number of benzene rings is 1. The van der Waals surface area contributed by atoms with Crippen LogP contribution in [0.1, 0.15) is 84.0 Å². The molecule has 156 valence electrons. The molecule has 1 aromatic carbocycles. The van der Waals surface area contributed by atoms with Crippen LogP contribution in [0.5, 0.6) is 5.75 Å². The predicted octanol–water partition coefficient (Wildman–Crippen LogP) is 8.06. The molecule has 0 bridgehead atoms. The van der Waals surface area contributed by atoms with Gasteiger partial charge in [0.25, 0.3) is 0 Å². The Labute approximate surface area is 160 Å². The van der Waals surface area contributed by atoms with Crippen LogP contribution in [-0.2, 0) is 0 Å². The van der Waals surface area contributed by atoms with E-state index in [2.05, 4.69) is 6.92 Å². The van der Waals surface area contributed by atoms with Crippen molar-refractivity contribution >= 4 is 8.81 Å². The van der Waals surface area contributed by atoms with Crippen molar-refractivity contribution in [3.63, 3.8) is 0 Å². The van der Waals surface area contributed by atoms with Crippen LogP contribution in [0.4, 0.5) is 22.0 Å². The molecule has 0 aliphatic heterocycles. The summed E-state index contributed by atoms with van der Waals surface area (Å²) in [6, 6.07) is 0. The Kier molecular flexibility index (Phi) is 12.6. The molecule has 1 nitrogen and oxygen atoms in total. The first-order valence-corrected chi connectivity index (χ1v) is 11.0. The third-order valence-corrected chi connectivity index (χ3v) is 5.38. The number of halogens is 5. The summed E-state index contributed by atoms with van der Waals surface area (Å²) in [5, 5.41) is 0. The Morgan fingerprint density at radius 1 is 0.556 bits per heavy atom. The van der Waals surface area contributed by atoms with E-state index in [1.165, 1.54) is 51.4 Å². The first-order valence-electron chi connectivity index (χ1n) is 9.91. The lowest BCUT2D eigenvalue weighted by atomic mass is 10.1. The fourth-order valence-corrected chi connectivity index (χ4v) is 3.66. The molecule has 1 atom stereocenters. The molecule has 0 heterocycles. The molecule has 0 aliphatic carbocycles. The maximum atomic E-state index is 13.4. The van der Waals surface area contributed by atoms with Crippen LogP contribution in [0.3, 0.4) is 0 Å². The minimum Gasteiger partial charge on any atom is -0.471 e. The van der Waals surface area contributed by atoms with Crippen molar-refractivity contribution in [2.75, 3.05) is 6.16 Å². The first-order chi connectivity index (χ1) is 13.0. The van der Waals surface area contributed by atoms with Gasteiger partial charge in [0.15, 0.2) is 5.75 Å². The third kappa shape index (κ3) is 8.76. The molecule has 1 aromatic rings. The van der Waals surface area contributed by atoms with Gasteiger partial charge in [0, 0.05) is 6.16 Å². The highest BCUT2D eigenvalue weighted by Gasteiger charge is 2.26. The van der Waals surface area contributed by atoms with Crippen LogP contribution in [0, 0.1) is 29.1 Å². The summed E-state index contributed by atoms with van der Waals surface area (Å²) in [5.74, 6) is -11.1. The molecule has 7 heteroatoms. The van der Waals surface area contributed by atoms with Crippen molar-refractivity contribution in [2.24, 2.45) is 0 Å². The highest BCUT2D eigenvalue weighted by molar-refractivity contribution is 7.32. The van der Waals surface area contributed by atoms with Gasteiger partial charge >= 0.3 is 0 Å². The summed E-state index contributed by atoms with van der Waals surface area (Å²) in [7, 11) is -0.332. The molecule has 0 amide bonds. The fourth-order valence-electron chi connectivity index (χ4n) is 2.84. The fraction of sp³-hybridized carbons (Fsp3) is 0.700. The summed E-state index contributed by atoms with van der Waals surface area (Å²) in [5.41, 5.74) is 0. The molecule has 0 N–H and O–H groups in total. The minimum atomic E-state index is -2.17. The Balaban J connectivity index is 2.06.